The van der Waals surface area contributed by atoms with Crippen LogP contribution in [-0.2, 0) is 4.74 Å². The molecule has 3 nitrogen and oxygen atoms in total. The highest BCUT2D eigenvalue weighted by atomic mass is 35.5. The molecule has 0 bridgehead atoms. The lowest BCUT2D eigenvalue weighted by molar-refractivity contribution is 0.0471. The summed E-state index contributed by atoms with van der Waals surface area (Å²) < 4.78 is 5.64. The molecule has 1 atom stereocenters. The van der Waals surface area contributed by atoms with E-state index in [1.54, 1.807) is 18.2 Å². The number of carbonyl (C=O) groups excluding carboxylic acids is 1. The summed E-state index contributed by atoms with van der Waals surface area (Å²) in [6.07, 6.45) is 5.89. The summed E-state index contributed by atoms with van der Waals surface area (Å²) in [4.78, 5) is 15.1. The Morgan fingerprint density at radius 2 is 1.53 bits per heavy atom. The minimum atomic E-state index is -0.471. The molecule has 0 aliphatic carbocycles. The molecule has 0 aromatic heterocycles. The minimum Gasteiger partial charge on any atom is -0.461 e. The topological polar surface area (TPSA) is 29.5 Å². The van der Waals surface area contributed by atoms with Gasteiger partial charge in [0.1, 0.15) is 0 Å². The number of ether oxygens (including phenoxy) is 1. The zero-order chi connectivity index (χ0) is 21.5. The number of nitrogens with zero attached hydrogens (tertiary/aromatic N) is 1. The fraction of sp³-hybridized carbons (Fsp3) is 0.435. The zero-order valence-electron chi connectivity index (χ0n) is 16.7. The van der Waals surface area contributed by atoms with E-state index in [2.05, 4.69) is 4.90 Å². The van der Waals surface area contributed by atoms with Gasteiger partial charge in [0.15, 0.2) is 0 Å². The number of likely N-dealkylation sites (tertiary alicyclic amines) is 1. The van der Waals surface area contributed by atoms with Gasteiger partial charge in [-0.25, -0.2) is 4.79 Å². The number of esters is 1. The number of halogens is 4. The van der Waals surface area contributed by atoms with Crippen LogP contribution in [0.25, 0.3) is 0 Å². The monoisotopic (exact) mass is 487 g/mol. The molecule has 0 spiro atoms. The van der Waals surface area contributed by atoms with E-state index < -0.39 is 5.97 Å². The fourth-order valence-corrected chi connectivity index (χ4v) is 4.82. The van der Waals surface area contributed by atoms with Crippen LogP contribution in [0.3, 0.4) is 0 Å². The van der Waals surface area contributed by atoms with Crippen molar-refractivity contribution in [1.29, 1.82) is 0 Å². The first-order chi connectivity index (χ1) is 14.4. The molecule has 0 radical (unpaired) electrons. The first-order valence-electron chi connectivity index (χ1n) is 10.2. The SMILES string of the molecule is O=C(OCC(CCN1CCCCCC1)c1ccc(Cl)cc1Cl)c1ccc(Cl)cc1Cl. The summed E-state index contributed by atoms with van der Waals surface area (Å²) in [5.41, 5.74) is 1.24. The van der Waals surface area contributed by atoms with Crippen LogP contribution < -0.4 is 0 Å². The van der Waals surface area contributed by atoms with Gasteiger partial charge in [0.05, 0.1) is 17.2 Å². The van der Waals surface area contributed by atoms with Crippen molar-refractivity contribution in [3.05, 3.63) is 67.6 Å². The molecule has 1 fully saturated rings. The Morgan fingerprint density at radius 1 is 0.900 bits per heavy atom. The van der Waals surface area contributed by atoms with Crippen LogP contribution in [0, 0.1) is 0 Å². The van der Waals surface area contributed by atoms with Gasteiger partial charge in [0.25, 0.3) is 0 Å². The quantitative estimate of drug-likeness (QED) is 0.377. The van der Waals surface area contributed by atoms with Gasteiger partial charge < -0.3 is 9.64 Å². The smallest absolute Gasteiger partial charge is 0.339 e. The van der Waals surface area contributed by atoms with Crippen molar-refractivity contribution in [2.24, 2.45) is 0 Å². The third-order valence-corrected chi connectivity index (χ3v) is 6.57. The van der Waals surface area contributed by atoms with Gasteiger partial charge in [0.2, 0.25) is 0 Å². The maximum atomic E-state index is 12.6. The van der Waals surface area contributed by atoms with E-state index in [1.807, 2.05) is 12.1 Å². The molecule has 7 heteroatoms. The second kappa shape index (κ2) is 11.6. The lowest BCUT2D eigenvalue weighted by Gasteiger charge is -2.24. The highest BCUT2D eigenvalue weighted by Gasteiger charge is 2.21. The van der Waals surface area contributed by atoms with Crippen LogP contribution in [0.1, 0.15) is 53.9 Å². The highest BCUT2D eigenvalue weighted by Crippen LogP contribution is 2.31. The van der Waals surface area contributed by atoms with Gasteiger partial charge in [-0.15, -0.1) is 0 Å². The summed E-state index contributed by atoms with van der Waals surface area (Å²) in [5, 5.41) is 1.92. The average Bonchev–Trinajstić information content (AvgIpc) is 2.97. The molecule has 1 heterocycles. The Morgan fingerprint density at radius 3 is 2.17 bits per heavy atom. The fourth-order valence-electron chi connectivity index (χ4n) is 3.77. The van der Waals surface area contributed by atoms with Crippen molar-refractivity contribution < 1.29 is 9.53 Å². The summed E-state index contributed by atoms with van der Waals surface area (Å²) in [7, 11) is 0. The standard InChI is InChI=1S/C23H25Cl4NO2/c24-17-5-7-19(21(26)13-17)16(9-12-28-10-3-1-2-4-11-28)15-30-23(29)20-8-6-18(25)14-22(20)27/h5-8,13-14,16H,1-4,9-12,15H2. The zero-order valence-corrected chi connectivity index (χ0v) is 19.7. The molecule has 1 saturated heterocycles. The third-order valence-electron chi connectivity index (χ3n) is 5.46. The van der Waals surface area contributed by atoms with Crippen molar-refractivity contribution in [2.75, 3.05) is 26.2 Å². The number of rotatable bonds is 7. The van der Waals surface area contributed by atoms with E-state index in [9.17, 15) is 4.79 Å². The molecule has 1 aliphatic heterocycles. The summed E-state index contributed by atoms with van der Waals surface area (Å²) in [5.74, 6) is -0.505. The van der Waals surface area contributed by atoms with Gasteiger partial charge in [0, 0.05) is 21.0 Å². The van der Waals surface area contributed by atoms with Crippen LogP contribution in [0.4, 0.5) is 0 Å². The molecule has 0 saturated carbocycles. The van der Waals surface area contributed by atoms with Gasteiger partial charge >= 0.3 is 5.97 Å². The Hall–Kier alpha value is -0.970. The van der Waals surface area contributed by atoms with Crippen molar-refractivity contribution in [3.8, 4) is 0 Å². The molecule has 2 aromatic carbocycles. The average molecular weight is 489 g/mol. The molecule has 0 N–H and O–H groups in total. The maximum absolute atomic E-state index is 12.6. The molecule has 0 amide bonds. The van der Waals surface area contributed by atoms with E-state index in [4.69, 9.17) is 51.1 Å². The number of carbonyl (C=O) groups is 1. The van der Waals surface area contributed by atoms with Crippen LogP contribution in [-0.4, -0.2) is 37.1 Å². The van der Waals surface area contributed by atoms with E-state index in [0.717, 1.165) is 31.6 Å². The molecule has 162 valence electrons. The minimum absolute atomic E-state index is 0.0342. The summed E-state index contributed by atoms with van der Waals surface area (Å²) in [6, 6.07) is 10.2. The van der Waals surface area contributed by atoms with E-state index >= 15 is 0 Å². The number of benzene rings is 2. The van der Waals surface area contributed by atoms with Crippen molar-refractivity contribution in [1.82, 2.24) is 4.90 Å². The Kier molecular flexibility index (Phi) is 9.15. The van der Waals surface area contributed by atoms with Gasteiger partial charge in [-0.1, -0.05) is 65.3 Å². The molecule has 30 heavy (non-hydrogen) atoms. The number of hydrogen-bond donors (Lipinski definition) is 0. The number of hydrogen-bond acceptors (Lipinski definition) is 3. The van der Waals surface area contributed by atoms with E-state index in [-0.39, 0.29) is 17.5 Å². The predicted molar refractivity (Wildman–Crippen MR) is 125 cm³/mol. The maximum Gasteiger partial charge on any atom is 0.339 e. The Labute approximate surface area is 198 Å². The molecular weight excluding hydrogens is 464 g/mol. The van der Waals surface area contributed by atoms with Crippen molar-refractivity contribution >= 4 is 52.4 Å². The summed E-state index contributed by atoms with van der Waals surface area (Å²) >= 11 is 24.6. The van der Waals surface area contributed by atoms with Gasteiger partial charge in [-0.2, -0.15) is 0 Å². The van der Waals surface area contributed by atoms with E-state index in [1.165, 1.54) is 31.7 Å². The van der Waals surface area contributed by atoms with Gasteiger partial charge in [-0.05, 0) is 74.8 Å². The Bertz CT molecular complexity index is 866. The van der Waals surface area contributed by atoms with Crippen LogP contribution in [0.5, 0.6) is 0 Å². The molecule has 1 unspecified atom stereocenters. The predicted octanol–water partition coefficient (Wildman–Crippen LogP) is 7.51. The Balaban J connectivity index is 1.70. The van der Waals surface area contributed by atoms with Crippen LogP contribution >= 0.6 is 46.4 Å². The normalized spacial score (nSPS) is 16.1. The van der Waals surface area contributed by atoms with Crippen LogP contribution in [0.2, 0.25) is 20.1 Å². The van der Waals surface area contributed by atoms with Gasteiger partial charge in [-0.3, -0.25) is 0 Å². The second-order valence-corrected chi connectivity index (χ2v) is 9.32. The summed E-state index contributed by atoms with van der Waals surface area (Å²) in [6.45, 7) is 3.37. The molecule has 3 rings (SSSR count). The third kappa shape index (κ3) is 6.77. The first kappa shape index (κ1) is 23.7. The largest absolute Gasteiger partial charge is 0.461 e. The molecular formula is C23H25Cl4NO2. The first-order valence-corrected chi connectivity index (χ1v) is 11.7. The highest BCUT2D eigenvalue weighted by molar-refractivity contribution is 6.36. The van der Waals surface area contributed by atoms with Crippen molar-refractivity contribution in [2.45, 2.75) is 38.0 Å². The van der Waals surface area contributed by atoms with Crippen LogP contribution in [0.15, 0.2) is 36.4 Å². The van der Waals surface area contributed by atoms with E-state index in [0.29, 0.717) is 20.6 Å². The second-order valence-electron chi connectivity index (χ2n) is 7.63. The lowest BCUT2D eigenvalue weighted by atomic mass is 9.96. The van der Waals surface area contributed by atoms with Crippen molar-refractivity contribution in [3.63, 3.8) is 0 Å². The molecule has 2 aromatic rings. The lowest BCUT2D eigenvalue weighted by Crippen LogP contribution is -2.28. The molecule has 1 aliphatic rings.